The number of carboxylic acid groups (broad SMARTS) is 1. The zero-order valence-corrected chi connectivity index (χ0v) is 10.9. The molecule has 19 heavy (non-hydrogen) atoms. The Hall–Kier alpha value is -1.75. The van der Waals surface area contributed by atoms with Gasteiger partial charge in [0.2, 0.25) is 0 Å². The van der Waals surface area contributed by atoms with Gasteiger partial charge in [-0.25, -0.2) is 4.79 Å². The lowest BCUT2D eigenvalue weighted by molar-refractivity contribution is 0.0485. The lowest BCUT2D eigenvalue weighted by Gasteiger charge is -2.23. The Bertz CT molecular complexity index is 437. The summed E-state index contributed by atoms with van der Waals surface area (Å²) in [6.07, 6.45) is 1.88. The highest BCUT2D eigenvalue weighted by atomic mass is 16.5. The first-order chi connectivity index (χ1) is 9.22. The molecule has 0 saturated carbocycles. The van der Waals surface area contributed by atoms with Crippen LogP contribution < -0.4 is 9.47 Å². The van der Waals surface area contributed by atoms with Gasteiger partial charge < -0.3 is 19.3 Å². The van der Waals surface area contributed by atoms with Crippen LogP contribution in [0.1, 0.15) is 23.2 Å². The van der Waals surface area contributed by atoms with E-state index in [9.17, 15) is 4.79 Å². The number of hydrogen-bond donors (Lipinski definition) is 1. The number of carbonyl (C=O) groups is 1. The normalized spacial score (nSPS) is 16.1. The van der Waals surface area contributed by atoms with E-state index in [0.717, 1.165) is 26.1 Å². The summed E-state index contributed by atoms with van der Waals surface area (Å²) in [5, 5.41) is 9.17. The van der Waals surface area contributed by atoms with E-state index >= 15 is 0 Å². The van der Waals surface area contributed by atoms with Gasteiger partial charge in [-0.15, -0.1) is 0 Å². The van der Waals surface area contributed by atoms with E-state index in [0.29, 0.717) is 24.0 Å². The van der Waals surface area contributed by atoms with Crippen molar-refractivity contribution in [3.63, 3.8) is 0 Å². The maximum absolute atomic E-state index is 11.2. The highest BCUT2D eigenvalue weighted by Crippen LogP contribution is 2.32. The summed E-state index contributed by atoms with van der Waals surface area (Å²) in [7, 11) is 1.50. The molecule has 2 rings (SSSR count). The average Bonchev–Trinajstić information content (AvgIpc) is 2.45. The topological polar surface area (TPSA) is 65.0 Å². The lowest BCUT2D eigenvalue weighted by Crippen LogP contribution is -2.22. The summed E-state index contributed by atoms with van der Waals surface area (Å²) in [5.41, 5.74) is 0.131. The molecule has 1 aromatic rings. The second-order valence-corrected chi connectivity index (χ2v) is 4.51. The van der Waals surface area contributed by atoms with Crippen molar-refractivity contribution < 1.29 is 24.1 Å². The number of carboxylic acids is 1. The first-order valence-corrected chi connectivity index (χ1v) is 6.33. The van der Waals surface area contributed by atoms with Gasteiger partial charge >= 0.3 is 5.97 Å². The van der Waals surface area contributed by atoms with E-state index < -0.39 is 5.97 Å². The summed E-state index contributed by atoms with van der Waals surface area (Å²) in [6, 6.07) is 4.86. The van der Waals surface area contributed by atoms with E-state index in [-0.39, 0.29) is 5.56 Å². The van der Waals surface area contributed by atoms with Crippen LogP contribution >= 0.6 is 0 Å². The molecule has 0 bridgehead atoms. The van der Waals surface area contributed by atoms with Crippen LogP contribution in [0.5, 0.6) is 11.5 Å². The van der Waals surface area contributed by atoms with Crippen LogP contribution in [0.15, 0.2) is 18.2 Å². The van der Waals surface area contributed by atoms with Gasteiger partial charge in [0.05, 0.1) is 13.7 Å². The van der Waals surface area contributed by atoms with E-state index in [1.54, 1.807) is 12.1 Å². The van der Waals surface area contributed by atoms with E-state index in [1.165, 1.54) is 13.2 Å². The van der Waals surface area contributed by atoms with E-state index in [2.05, 4.69) is 0 Å². The molecule has 0 aromatic heterocycles. The van der Waals surface area contributed by atoms with Crippen LogP contribution in [-0.4, -0.2) is 38.0 Å². The van der Waals surface area contributed by atoms with Gasteiger partial charge in [0, 0.05) is 13.2 Å². The third kappa shape index (κ3) is 3.38. The largest absolute Gasteiger partial charge is 0.493 e. The zero-order valence-electron chi connectivity index (χ0n) is 10.9. The van der Waals surface area contributed by atoms with Gasteiger partial charge in [0.15, 0.2) is 11.5 Å². The fourth-order valence-corrected chi connectivity index (χ4v) is 2.11. The Morgan fingerprint density at radius 3 is 2.79 bits per heavy atom. The third-order valence-electron chi connectivity index (χ3n) is 3.23. The molecule has 5 nitrogen and oxygen atoms in total. The van der Waals surface area contributed by atoms with Crippen LogP contribution in [0.2, 0.25) is 0 Å². The van der Waals surface area contributed by atoms with Crippen molar-refractivity contribution in [1.29, 1.82) is 0 Å². The van der Waals surface area contributed by atoms with Gasteiger partial charge in [-0.05, 0) is 30.9 Å². The average molecular weight is 266 g/mol. The maximum atomic E-state index is 11.2. The number of benzene rings is 1. The van der Waals surface area contributed by atoms with Crippen LogP contribution in [0.25, 0.3) is 0 Å². The Kier molecular flexibility index (Phi) is 4.63. The molecule has 0 aliphatic carbocycles. The predicted octanol–water partition coefficient (Wildman–Crippen LogP) is 2.20. The molecule has 1 fully saturated rings. The van der Waals surface area contributed by atoms with Crippen LogP contribution in [0.4, 0.5) is 0 Å². The Labute approximate surface area is 112 Å². The van der Waals surface area contributed by atoms with Crippen molar-refractivity contribution in [2.45, 2.75) is 12.8 Å². The summed E-state index contributed by atoms with van der Waals surface area (Å²) in [4.78, 5) is 11.2. The molecule has 1 N–H and O–H groups in total. The van der Waals surface area contributed by atoms with E-state index in [4.69, 9.17) is 19.3 Å². The van der Waals surface area contributed by atoms with Gasteiger partial charge in [-0.3, -0.25) is 0 Å². The third-order valence-corrected chi connectivity index (χ3v) is 3.23. The maximum Gasteiger partial charge on any atom is 0.339 e. The minimum absolute atomic E-state index is 0.131. The number of para-hydroxylation sites is 1. The Morgan fingerprint density at radius 2 is 2.16 bits per heavy atom. The van der Waals surface area contributed by atoms with Crippen molar-refractivity contribution >= 4 is 5.97 Å². The molecule has 0 atom stereocenters. The number of rotatable bonds is 5. The first-order valence-electron chi connectivity index (χ1n) is 6.33. The number of methoxy groups -OCH3 is 1. The summed E-state index contributed by atoms with van der Waals surface area (Å²) < 4.78 is 16.1. The van der Waals surface area contributed by atoms with Crippen molar-refractivity contribution in [1.82, 2.24) is 0 Å². The molecule has 5 heteroatoms. The fraction of sp³-hybridized carbons (Fsp3) is 0.500. The summed E-state index contributed by atoms with van der Waals surface area (Å²) in [6.45, 7) is 1.97. The predicted molar refractivity (Wildman–Crippen MR) is 69.0 cm³/mol. The number of aromatic carboxylic acids is 1. The molecule has 0 spiro atoms. The quantitative estimate of drug-likeness (QED) is 0.885. The molecular formula is C14H18O5. The molecule has 104 valence electrons. The van der Waals surface area contributed by atoms with E-state index in [1.807, 2.05) is 0 Å². The second kappa shape index (κ2) is 6.43. The van der Waals surface area contributed by atoms with Crippen molar-refractivity contribution in [3.05, 3.63) is 23.8 Å². The SMILES string of the molecule is COc1cccc(C(=O)O)c1OCC1CCOCC1. The first kappa shape index (κ1) is 13.7. The van der Waals surface area contributed by atoms with Gasteiger partial charge in [0.25, 0.3) is 0 Å². The molecule has 1 aromatic carbocycles. The monoisotopic (exact) mass is 266 g/mol. The smallest absolute Gasteiger partial charge is 0.339 e. The molecule has 1 saturated heterocycles. The lowest BCUT2D eigenvalue weighted by atomic mass is 10.0. The standard InChI is InChI=1S/C14H18O5/c1-17-12-4-2-3-11(14(15)16)13(12)19-9-10-5-7-18-8-6-10/h2-4,10H,5-9H2,1H3,(H,15,16). The number of hydrogen-bond acceptors (Lipinski definition) is 4. The highest BCUT2D eigenvalue weighted by molar-refractivity contribution is 5.92. The molecule has 0 radical (unpaired) electrons. The van der Waals surface area contributed by atoms with Crippen LogP contribution in [0.3, 0.4) is 0 Å². The summed E-state index contributed by atoms with van der Waals surface area (Å²) >= 11 is 0. The fourth-order valence-electron chi connectivity index (χ4n) is 2.11. The highest BCUT2D eigenvalue weighted by Gasteiger charge is 2.19. The van der Waals surface area contributed by atoms with Crippen LogP contribution in [0, 0.1) is 5.92 Å². The summed E-state index contributed by atoms with van der Waals surface area (Å²) in [5.74, 6) is 0.150. The van der Waals surface area contributed by atoms with Gasteiger partial charge in [0.1, 0.15) is 5.56 Å². The van der Waals surface area contributed by atoms with Crippen molar-refractivity contribution in [2.24, 2.45) is 5.92 Å². The van der Waals surface area contributed by atoms with Crippen LogP contribution in [-0.2, 0) is 4.74 Å². The Balaban J connectivity index is 2.10. The molecule has 0 unspecified atom stereocenters. The minimum atomic E-state index is -1.01. The zero-order chi connectivity index (χ0) is 13.7. The molecule has 1 heterocycles. The molecule has 1 aliphatic rings. The second-order valence-electron chi connectivity index (χ2n) is 4.51. The molecular weight excluding hydrogens is 248 g/mol. The number of ether oxygens (including phenoxy) is 3. The van der Waals surface area contributed by atoms with Crippen molar-refractivity contribution in [2.75, 3.05) is 26.9 Å². The molecule has 1 aliphatic heterocycles. The van der Waals surface area contributed by atoms with Crippen molar-refractivity contribution in [3.8, 4) is 11.5 Å². The van der Waals surface area contributed by atoms with Gasteiger partial charge in [-0.2, -0.15) is 0 Å². The molecule has 0 amide bonds. The minimum Gasteiger partial charge on any atom is -0.493 e. The Morgan fingerprint density at radius 1 is 1.42 bits per heavy atom. The van der Waals surface area contributed by atoms with Gasteiger partial charge in [-0.1, -0.05) is 6.07 Å².